The first-order valence-corrected chi connectivity index (χ1v) is 6.08. The summed E-state index contributed by atoms with van der Waals surface area (Å²) in [6.07, 6.45) is 3.28. The van der Waals surface area contributed by atoms with Gasteiger partial charge in [-0.25, -0.2) is 9.97 Å². The van der Waals surface area contributed by atoms with Gasteiger partial charge in [0.05, 0.1) is 0 Å². The summed E-state index contributed by atoms with van der Waals surface area (Å²) in [6.45, 7) is 0. The third kappa shape index (κ3) is 2.05. The highest BCUT2D eigenvalue weighted by molar-refractivity contribution is 7.21. The standard InChI is InChI=1S/C12H8N4OS/c17-10(8-4-1-2-6-13-8)16-12-15-9-5-3-7-14-11(9)18-12/h1-7H,(H,15,16,17). The van der Waals surface area contributed by atoms with Crippen LogP contribution < -0.4 is 5.32 Å². The predicted octanol–water partition coefficient (Wildman–Crippen LogP) is 2.34. The molecule has 0 spiro atoms. The Morgan fingerprint density at radius 2 is 2.00 bits per heavy atom. The summed E-state index contributed by atoms with van der Waals surface area (Å²) in [5.41, 5.74) is 1.14. The van der Waals surface area contributed by atoms with Crippen molar-refractivity contribution < 1.29 is 4.79 Å². The molecule has 0 aromatic carbocycles. The molecule has 0 aliphatic heterocycles. The number of anilines is 1. The van der Waals surface area contributed by atoms with E-state index in [0.29, 0.717) is 10.8 Å². The lowest BCUT2D eigenvalue weighted by Crippen LogP contribution is -2.12. The lowest BCUT2D eigenvalue weighted by Gasteiger charge is -1.99. The van der Waals surface area contributed by atoms with Crippen molar-refractivity contribution in [1.82, 2.24) is 15.0 Å². The molecule has 0 saturated heterocycles. The van der Waals surface area contributed by atoms with Crippen molar-refractivity contribution in [3.63, 3.8) is 0 Å². The van der Waals surface area contributed by atoms with Crippen LogP contribution in [-0.2, 0) is 0 Å². The smallest absolute Gasteiger partial charge is 0.276 e. The van der Waals surface area contributed by atoms with Crippen molar-refractivity contribution in [3.05, 3.63) is 48.4 Å². The van der Waals surface area contributed by atoms with E-state index in [1.165, 1.54) is 11.3 Å². The molecule has 3 aromatic rings. The molecule has 3 rings (SSSR count). The minimum absolute atomic E-state index is 0.269. The van der Waals surface area contributed by atoms with Crippen molar-refractivity contribution in [2.24, 2.45) is 0 Å². The van der Waals surface area contributed by atoms with Crippen LogP contribution in [0.5, 0.6) is 0 Å². The van der Waals surface area contributed by atoms with Crippen LogP contribution in [0, 0.1) is 0 Å². The first-order valence-electron chi connectivity index (χ1n) is 5.27. The zero-order chi connectivity index (χ0) is 12.4. The van der Waals surface area contributed by atoms with Crippen molar-refractivity contribution in [3.8, 4) is 0 Å². The molecule has 5 nitrogen and oxygen atoms in total. The topological polar surface area (TPSA) is 67.8 Å². The number of hydrogen-bond donors (Lipinski definition) is 1. The molecular formula is C12H8N4OS. The fourth-order valence-electron chi connectivity index (χ4n) is 1.48. The van der Waals surface area contributed by atoms with Crippen molar-refractivity contribution >= 4 is 32.7 Å². The maximum Gasteiger partial charge on any atom is 0.276 e. The van der Waals surface area contributed by atoms with Crippen LogP contribution in [0.2, 0.25) is 0 Å². The molecule has 88 valence electrons. The average Bonchev–Trinajstić information content (AvgIpc) is 2.82. The Kier molecular flexibility index (Phi) is 2.70. The number of hydrogen-bond acceptors (Lipinski definition) is 5. The van der Waals surface area contributed by atoms with Gasteiger partial charge in [-0.2, -0.15) is 0 Å². The molecular weight excluding hydrogens is 248 g/mol. The van der Waals surface area contributed by atoms with Gasteiger partial charge in [0.1, 0.15) is 16.0 Å². The van der Waals surface area contributed by atoms with Crippen LogP contribution in [0.25, 0.3) is 10.3 Å². The van der Waals surface area contributed by atoms with Gasteiger partial charge < -0.3 is 0 Å². The van der Waals surface area contributed by atoms with E-state index in [-0.39, 0.29) is 5.91 Å². The zero-order valence-electron chi connectivity index (χ0n) is 9.20. The second-order valence-electron chi connectivity index (χ2n) is 3.52. The Labute approximate surface area is 107 Å². The van der Waals surface area contributed by atoms with Crippen molar-refractivity contribution in [2.75, 3.05) is 5.32 Å². The van der Waals surface area contributed by atoms with Gasteiger partial charge in [-0.15, -0.1) is 0 Å². The highest BCUT2D eigenvalue weighted by Gasteiger charge is 2.10. The number of carbonyl (C=O) groups is 1. The van der Waals surface area contributed by atoms with Gasteiger partial charge in [0.15, 0.2) is 5.13 Å². The van der Waals surface area contributed by atoms with Crippen LogP contribution in [0.15, 0.2) is 42.7 Å². The monoisotopic (exact) mass is 256 g/mol. The lowest BCUT2D eigenvalue weighted by atomic mass is 10.3. The number of nitrogens with zero attached hydrogens (tertiary/aromatic N) is 3. The molecule has 3 aromatic heterocycles. The van der Waals surface area contributed by atoms with E-state index >= 15 is 0 Å². The number of carbonyl (C=O) groups excluding carboxylic acids is 1. The summed E-state index contributed by atoms with van der Waals surface area (Å²) in [5, 5.41) is 3.24. The number of nitrogens with one attached hydrogen (secondary N) is 1. The molecule has 0 aliphatic rings. The molecule has 0 saturated carbocycles. The SMILES string of the molecule is O=C(Nc1nc2cccnc2s1)c1ccccn1. The van der Waals surface area contributed by atoms with Crippen LogP contribution in [0.1, 0.15) is 10.5 Å². The van der Waals surface area contributed by atoms with E-state index in [1.807, 2.05) is 12.1 Å². The van der Waals surface area contributed by atoms with E-state index in [2.05, 4.69) is 20.3 Å². The number of rotatable bonds is 2. The fraction of sp³-hybridized carbons (Fsp3) is 0. The molecule has 0 fully saturated rings. The quantitative estimate of drug-likeness (QED) is 0.764. The van der Waals surface area contributed by atoms with E-state index in [4.69, 9.17) is 0 Å². The van der Waals surface area contributed by atoms with Gasteiger partial charge in [0, 0.05) is 12.4 Å². The largest absolute Gasteiger partial charge is 0.296 e. The van der Waals surface area contributed by atoms with Crippen molar-refractivity contribution in [1.29, 1.82) is 0 Å². The van der Waals surface area contributed by atoms with E-state index in [0.717, 1.165) is 10.3 Å². The third-order valence-corrected chi connectivity index (χ3v) is 3.18. The fourth-order valence-corrected chi connectivity index (χ4v) is 2.28. The molecule has 6 heteroatoms. The van der Waals surface area contributed by atoms with Gasteiger partial charge >= 0.3 is 0 Å². The predicted molar refractivity (Wildman–Crippen MR) is 69.6 cm³/mol. The highest BCUT2D eigenvalue weighted by Crippen LogP contribution is 2.23. The molecule has 0 radical (unpaired) electrons. The number of fused-ring (bicyclic) bond motifs is 1. The lowest BCUT2D eigenvalue weighted by molar-refractivity contribution is 0.102. The maximum absolute atomic E-state index is 11.9. The van der Waals surface area contributed by atoms with E-state index in [9.17, 15) is 4.79 Å². The first-order chi connectivity index (χ1) is 8.83. The molecule has 0 aliphatic carbocycles. The molecule has 0 unspecified atom stereocenters. The van der Waals surface area contributed by atoms with Gasteiger partial charge in [0.25, 0.3) is 5.91 Å². The summed E-state index contributed by atoms with van der Waals surface area (Å²) in [4.78, 5) is 25.1. The molecule has 1 amide bonds. The van der Waals surface area contributed by atoms with Crippen LogP contribution in [0.3, 0.4) is 0 Å². The maximum atomic E-state index is 11.9. The first kappa shape index (κ1) is 10.8. The summed E-state index contributed by atoms with van der Waals surface area (Å²) in [7, 11) is 0. The summed E-state index contributed by atoms with van der Waals surface area (Å²) < 4.78 is 0. The third-order valence-electron chi connectivity index (χ3n) is 2.28. The minimum Gasteiger partial charge on any atom is -0.296 e. The Morgan fingerprint density at radius 3 is 2.78 bits per heavy atom. The Balaban J connectivity index is 1.86. The van der Waals surface area contributed by atoms with E-state index < -0.39 is 0 Å². The van der Waals surface area contributed by atoms with Gasteiger partial charge in [-0.3, -0.25) is 15.1 Å². The van der Waals surface area contributed by atoms with E-state index in [1.54, 1.807) is 30.6 Å². The summed E-state index contributed by atoms with van der Waals surface area (Å²) in [5.74, 6) is -0.269. The number of amides is 1. The number of pyridine rings is 2. The second kappa shape index (κ2) is 4.50. The zero-order valence-corrected chi connectivity index (χ0v) is 10.0. The van der Waals surface area contributed by atoms with Crippen LogP contribution in [-0.4, -0.2) is 20.9 Å². The van der Waals surface area contributed by atoms with Gasteiger partial charge in [0.2, 0.25) is 0 Å². The summed E-state index contributed by atoms with van der Waals surface area (Å²) in [6, 6.07) is 8.85. The Hall–Kier alpha value is -2.34. The molecule has 3 heterocycles. The normalized spacial score (nSPS) is 10.4. The average molecular weight is 256 g/mol. The van der Waals surface area contributed by atoms with Gasteiger partial charge in [-0.1, -0.05) is 17.4 Å². The molecule has 1 N–H and O–H groups in total. The Morgan fingerprint density at radius 1 is 1.11 bits per heavy atom. The molecule has 0 bridgehead atoms. The number of thiazole rings is 1. The van der Waals surface area contributed by atoms with Crippen molar-refractivity contribution in [2.45, 2.75) is 0 Å². The highest BCUT2D eigenvalue weighted by atomic mass is 32.1. The Bertz CT molecular complexity index is 662. The molecule has 0 atom stereocenters. The van der Waals surface area contributed by atoms with Gasteiger partial charge in [-0.05, 0) is 24.3 Å². The molecule has 18 heavy (non-hydrogen) atoms. The van der Waals surface area contributed by atoms with Crippen LogP contribution >= 0.6 is 11.3 Å². The summed E-state index contributed by atoms with van der Waals surface area (Å²) >= 11 is 1.34. The minimum atomic E-state index is -0.269. The second-order valence-corrected chi connectivity index (χ2v) is 4.49. The number of aromatic nitrogens is 3. The van der Waals surface area contributed by atoms with Crippen LogP contribution in [0.4, 0.5) is 5.13 Å².